The quantitative estimate of drug-likeness (QED) is 0.810. The van der Waals surface area contributed by atoms with E-state index in [1.54, 1.807) is 18.7 Å². The average molecular weight is 271 g/mol. The minimum absolute atomic E-state index is 0.736. The first-order valence-corrected chi connectivity index (χ1v) is 7.05. The first-order chi connectivity index (χ1) is 9.85. The van der Waals surface area contributed by atoms with E-state index in [1.807, 2.05) is 12.1 Å². The lowest BCUT2D eigenvalue weighted by Crippen LogP contribution is -2.10. The van der Waals surface area contributed by atoms with Gasteiger partial charge in [0.05, 0.1) is 0 Å². The summed E-state index contributed by atoms with van der Waals surface area (Å²) in [7, 11) is 0. The van der Waals surface area contributed by atoms with E-state index in [2.05, 4.69) is 39.4 Å². The standard InChI is InChI=1S/C15H21N5/c1-3-7-17-14-13(4-2)15(20-11-19-14)18-10-12-5-8-16-9-6-12/h5-6,8-9,11H,3-4,7,10H2,1-2H3,(H2,17,18,19,20). The number of hydrogen-bond donors (Lipinski definition) is 2. The molecule has 0 saturated heterocycles. The Morgan fingerprint density at radius 3 is 2.35 bits per heavy atom. The molecule has 2 rings (SSSR count). The maximum atomic E-state index is 4.36. The molecular formula is C15H21N5. The fraction of sp³-hybridized carbons (Fsp3) is 0.400. The second-order valence-electron chi connectivity index (χ2n) is 4.54. The van der Waals surface area contributed by atoms with Gasteiger partial charge in [-0.3, -0.25) is 4.98 Å². The molecule has 0 saturated carbocycles. The van der Waals surface area contributed by atoms with Gasteiger partial charge in [0.15, 0.2) is 0 Å². The SMILES string of the molecule is CCCNc1ncnc(NCc2ccncc2)c1CC. The molecule has 0 aromatic carbocycles. The predicted molar refractivity (Wildman–Crippen MR) is 81.8 cm³/mol. The topological polar surface area (TPSA) is 62.7 Å². The number of aromatic nitrogens is 3. The molecule has 0 atom stereocenters. The van der Waals surface area contributed by atoms with Gasteiger partial charge in [-0.05, 0) is 30.5 Å². The van der Waals surface area contributed by atoms with Crippen molar-refractivity contribution < 1.29 is 0 Å². The van der Waals surface area contributed by atoms with E-state index in [-0.39, 0.29) is 0 Å². The molecule has 2 aromatic heterocycles. The second kappa shape index (κ2) is 7.43. The molecule has 2 heterocycles. The molecule has 0 aliphatic heterocycles. The number of hydrogen-bond acceptors (Lipinski definition) is 5. The van der Waals surface area contributed by atoms with Gasteiger partial charge in [0.25, 0.3) is 0 Å². The maximum absolute atomic E-state index is 4.36. The Morgan fingerprint density at radius 2 is 1.70 bits per heavy atom. The molecule has 2 N–H and O–H groups in total. The molecule has 2 aromatic rings. The van der Waals surface area contributed by atoms with Crippen LogP contribution in [0.5, 0.6) is 0 Å². The Morgan fingerprint density at radius 1 is 1.00 bits per heavy atom. The van der Waals surface area contributed by atoms with Crippen molar-refractivity contribution in [3.8, 4) is 0 Å². The monoisotopic (exact) mass is 271 g/mol. The van der Waals surface area contributed by atoms with Gasteiger partial charge < -0.3 is 10.6 Å². The van der Waals surface area contributed by atoms with Crippen LogP contribution >= 0.6 is 0 Å². The van der Waals surface area contributed by atoms with Crippen LogP contribution in [0.25, 0.3) is 0 Å². The Hall–Kier alpha value is -2.17. The third kappa shape index (κ3) is 3.66. The Bertz CT molecular complexity index is 527. The summed E-state index contributed by atoms with van der Waals surface area (Å²) < 4.78 is 0. The second-order valence-corrected chi connectivity index (χ2v) is 4.54. The molecule has 5 nitrogen and oxygen atoms in total. The molecule has 0 amide bonds. The lowest BCUT2D eigenvalue weighted by molar-refractivity contribution is 0.944. The summed E-state index contributed by atoms with van der Waals surface area (Å²) in [5.74, 6) is 1.83. The van der Waals surface area contributed by atoms with Gasteiger partial charge in [-0.2, -0.15) is 0 Å². The Labute approximate surface area is 119 Å². The summed E-state index contributed by atoms with van der Waals surface area (Å²) in [4.78, 5) is 12.7. The fourth-order valence-electron chi connectivity index (χ4n) is 1.98. The van der Waals surface area contributed by atoms with E-state index in [9.17, 15) is 0 Å². The van der Waals surface area contributed by atoms with Crippen LogP contribution in [-0.2, 0) is 13.0 Å². The zero-order valence-electron chi connectivity index (χ0n) is 12.1. The summed E-state index contributed by atoms with van der Waals surface area (Å²) in [5, 5.41) is 6.73. The minimum atomic E-state index is 0.736. The summed E-state index contributed by atoms with van der Waals surface area (Å²) in [6, 6.07) is 3.99. The number of nitrogens with zero attached hydrogens (tertiary/aromatic N) is 3. The van der Waals surface area contributed by atoms with Crippen molar-refractivity contribution in [2.24, 2.45) is 0 Å². The van der Waals surface area contributed by atoms with Crippen molar-refractivity contribution in [2.45, 2.75) is 33.2 Å². The summed E-state index contributed by atoms with van der Waals surface area (Å²) in [5.41, 5.74) is 2.32. The lowest BCUT2D eigenvalue weighted by atomic mass is 10.2. The van der Waals surface area contributed by atoms with Crippen LogP contribution in [0, 0.1) is 0 Å². The van der Waals surface area contributed by atoms with E-state index in [1.165, 1.54) is 5.56 Å². The van der Waals surface area contributed by atoms with Gasteiger partial charge in [-0.1, -0.05) is 13.8 Å². The minimum Gasteiger partial charge on any atom is -0.370 e. The van der Waals surface area contributed by atoms with Gasteiger partial charge in [0.2, 0.25) is 0 Å². The third-order valence-corrected chi connectivity index (χ3v) is 3.05. The van der Waals surface area contributed by atoms with Gasteiger partial charge in [-0.25, -0.2) is 9.97 Å². The number of rotatable bonds is 7. The summed E-state index contributed by atoms with van der Waals surface area (Å²) in [6.07, 6.45) is 7.17. The van der Waals surface area contributed by atoms with E-state index >= 15 is 0 Å². The lowest BCUT2D eigenvalue weighted by Gasteiger charge is -2.14. The zero-order valence-corrected chi connectivity index (χ0v) is 12.1. The van der Waals surface area contributed by atoms with Gasteiger partial charge >= 0.3 is 0 Å². The van der Waals surface area contributed by atoms with Crippen molar-refractivity contribution in [2.75, 3.05) is 17.2 Å². The molecule has 0 unspecified atom stereocenters. The van der Waals surface area contributed by atoms with Gasteiger partial charge in [-0.15, -0.1) is 0 Å². The van der Waals surface area contributed by atoms with Crippen LogP contribution in [0.2, 0.25) is 0 Å². The van der Waals surface area contributed by atoms with Gasteiger partial charge in [0, 0.05) is 31.0 Å². The van der Waals surface area contributed by atoms with Crippen LogP contribution in [-0.4, -0.2) is 21.5 Å². The van der Waals surface area contributed by atoms with Crippen LogP contribution < -0.4 is 10.6 Å². The molecule has 0 aliphatic carbocycles. The Balaban J connectivity index is 2.10. The maximum Gasteiger partial charge on any atom is 0.134 e. The molecule has 0 radical (unpaired) electrons. The van der Waals surface area contributed by atoms with E-state index in [0.717, 1.165) is 43.1 Å². The van der Waals surface area contributed by atoms with Crippen molar-refractivity contribution in [3.63, 3.8) is 0 Å². The highest BCUT2D eigenvalue weighted by Crippen LogP contribution is 2.20. The van der Waals surface area contributed by atoms with E-state index < -0.39 is 0 Å². The normalized spacial score (nSPS) is 10.3. The molecule has 0 spiro atoms. The highest BCUT2D eigenvalue weighted by atomic mass is 15.1. The number of nitrogens with one attached hydrogen (secondary N) is 2. The molecule has 5 heteroatoms. The van der Waals surface area contributed by atoms with Crippen LogP contribution in [0.15, 0.2) is 30.9 Å². The first-order valence-electron chi connectivity index (χ1n) is 7.05. The molecular weight excluding hydrogens is 250 g/mol. The van der Waals surface area contributed by atoms with Crippen LogP contribution in [0.3, 0.4) is 0 Å². The van der Waals surface area contributed by atoms with Crippen LogP contribution in [0.4, 0.5) is 11.6 Å². The highest BCUT2D eigenvalue weighted by Gasteiger charge is 2.08. The number of pyridine rings is 1. The van der Waals surface area contributed by atoms with E-state index in [0.29, 0.717) is 0 Å². The molecule has 0 fully saturated rings. The average Bonchev–Trinajstić information content (AvgIpc) is 2.51. The van der Waals surface area contributed by atoms with Crippen molar-refractivity contribution in [1.82, 2.24) is 15.0 Å². The van der Waals surface area contributed by atoms with Crippen molar-refractivity contribution >= 4 is 11.6 Å². The third-order valence-electron chi connectivity index (χ3n) is 3.05. The fourth-order valence-corrected chi connectivity index (χ4v) is 1.98. The molecule has 0 bridgehead atoms. The van der Waals surface area contributed by atoms with Crippen molar-refractivity contribution in [3.05, 3.63) is 42.0 Å². The largest absolute Gasteiger partial charge is 0.370 e. The Kier molecular flexibility index (Phi) is 5.29. The molecule has 106 valence electrons. The summed E-state index contributed by atoms with van der Waals surface area (Å²) >= 11 is 0. The zero-order chi connectivity index (χ0) is 14.2. The first kappa shape index (κ1) is 14.2. The molecule has 20 heavy (non-hydrogen) atoms. The highest BCUT2D eigenvalue weighted by molar-refractivity contribution is 5.57. The summed E-state index contributed by atoms with van der Waals surface area (Å²) in [6.45, 7) is 5.92. The smallest absolute Gasteiger partial charge is 0.134 e. The van der Waals surface area contributed by atoms with E-state index in [4.69, 9.17) is 0 Å². The van der Waals surface area contributed by atoms with Crippen LogP contribution in [0.1, 0.15) is 31.4 Å². The number of anilines is 2. The van der Waals surface area contributed by atoms with Crippen molar-refractivity contribution in [1.29, 1.82) is 0 Å². The van der Waals surface area contributed by atoms with Gasteiger partial charge in [0.1, 0.15) is 18.0 Å². The predicted octanol–water partition coefficient (Wildman–Crippen LogP) is 2.87. The molecule has 0 aliphatic rings.